The van der Waals surface area contributed by atoms with Crippen molar-refractivity contribution in [3.8, 4) is 0 Å². The minimum Gasteiger partial charge on any atom is -0.207 e. The van der Waals surface area contributed by atoms with Gasteiger partial charge in [-0.1, -0.05) is 25.8 Å². The molecule has 0 saturated heterocycles. The monoisotopic (exact) mass is 361 g/mol. The minimum atomic E-state index is -3.44. The number of aryl methyl sites for hydroxylation is 1. The van der Waals surface area contributed by atoms with Crippen LogP contribution in [0.25, 0.3) is 0 Å². The van der Waals surface area contributed by atoms with E-state index in [1.807, 2.05) is 32.9 Å². The third kappa shape index (κ3) is 4.30. The lowest BCUT2D eigenvalue weighted by atomic mass is 10.2. The average molecular weight is 362 g/mol. The topological polar surface area (TPSA) is 37.4 Å². The molecule has 1 aromatic carbocycles. The molecule has 0 aliphatic carbocycles. The maximum absolute atomic E-state index is 12.8. The first-order valence-corrected chi connectivity index (χ1v) is 9.32. The van der Waals surface area contributed by atoms with Crippen molar-refractivity contribution in [2.75, 3.05) is 6.54 Å². The molecule has 0 spiro atoms. The van der Waals surface area contributed by atoms with Crippen molar-refractivity contribution in [3.05, 3.63) is 28.2 Å². The van der Waals surface area contributed by atoms with E-state index >= 15 is 0 Å². The number of unbranched alkanes of at least 4 members (excludes halogenated alkanes) is 2. The second kappa shape index (κ2) is 7.57. The highest BCUT2D eigenvalue weighted by Gasteiger charge is 2.28. The van der Waals surface area contributed by atoms with Gasteiger partial charge >= 0.3 is 0 Å². The Balaban J connectivity index is 3.09. The Hall–Kier alpha value is -0.390. The van der Waals surface area contributed by atoms with Crippen LogP contribution < -0.4 is 0 Å². The summed E-state index contributed by atoms with van der Waals surface area (Å²) in [5, 5.41) is 0. The molecule has 20 heavy (non-hydrogen) atoms. The Morgan fingerprint density at radius 1 is 1.25 bits per heavy atom. The van der Waals surface area contributed by atoms with E-state index in [2.05, 4.69) is 22.9 Å². The molecule has 1 aromatic rings. The first-order valence-electron chi connectivity index (χ1n) is 7.08. The summed E-state index contributed by atoms with van der Waals surface area (Å²) in [5.41, 5.74) is 1.04. The molecule has 3 nitrogen and oxygen atoms in total. The standard InChI is InChI=1S/C15H24BrNO2S/c1-5-6-7-10-17(12(2)3)20(18,19)15-9-8-13(4)11-14(15)16/h8-9,11-12H,5-7,10H2,1-4H3. The van der Waals surface area contributed by atoms with Crippen LogP contribution in [0.1, 0.15) is 45.6 Å². The van der Waals surface area contributed by atoms with E-state index in [1.54, 1.807) is 10.4 Å². The second-order valence-electron chi connectivity index (χ2n) is 5.35. The van der Waals surface area contributed by atoms with E-state index in [9.17, 15) is 8.42 Å². The van der Waals surface area contributed by atoms with Crippen molar-refractivity contribution in [2.45, 2.75) is 57.9 Å². The summed E-state index contributed by atoms with van der Waals surface area (Å²) in [6.07, 6.45) is 3.03. The van der Waals surface area contributed by atoms with E-state index in [0.717, 1.165) is 24.8 Å². The SMILES string of the molecule is CCCCCN(C(C)C)S(=O)(=O)c1ccc(C)cc1Br. The number of hydrogen-bond acceptors (Lipinski definition) is 2. The maximum atomic E-state index is 12.8. The third-order valence-corrected chi connectivity index (χ3v) is 6.28. The van der Waals surface area contributed by atoms with Gasteiger partial charge in [0.1, 0.15) is 0 Å². The highest BCUT2D eigenvalue weighted by molar-refractivity contribution is 9.10. The van der Waals surface area contributed by atoms with Crippen LogP contribution in [0.2, 0.25) is 0 Å². The van der Waals surface area contributed by atoms with Gasteiger partial charge < -0.3 is 0 Å². The molecule has 0 saturated carbocycles. The van der Waals surface area contributed by atoms with Crippen LogP contribution in [0.4, 0.5) is 0 Å². The van der Waals surface area contributed by atoms with Gasteiger partial charge in [0.05, 0.1) is 4.90 Å². The fourth-order valence-electron chi connectivity index (χ4n) is 2.11. The van der Waals surface area contributed by atoms with Gasteiger partial charge in [0, 0.05) is 17.1 Å². The second-order valence-corrected chi connectivity index (χ2v) is 8.06. The van der Waals surface area contributed by atoms with Crippen LogP contribution in [-0.4, -0.2) is 25.3 Å². The van der Waals surface area contributed by atoms with Crippen LogP contribution in [0, 0.1) is 6.92 Å². The molecule has 0 bridgehead atoms. The normalized spacial score (nSPS) is 12.3. The summed E-state index contributed by atoms with van der Waals surface area (Å²) in [6.45, 7) is 8.48. The summed E-state index contributed by atoms with van der Waals surface area (Å²) in [7, 11) is -3.44. The highest BCUT2D eigenvalue weighted by Crippen LogP contribution is 2.27. The van der Waals surface area contributed by atoms with Crippen LogP contribution in [0.5, 0.6) is 0 Å². The first-order chi connectivity index (χ1) is 9.30. The van der Waals surface area contributed by atoms with E-state index in [1.165, 1.54) is 0 Å². The van der Waals surface area contributed by atoms with Crippen molar-refractivity contribution >= 4 is 26.0 Å². The fraction of sp³-hybridized carbons (Fsp3) is 0.600. The Bertz CT molecular complexity index is 541. The predicted molar refractivity (Wildman–Crippen MR) is 87.4 cm³/mol. The molecule has 0 fully saturated rings. The molecule has 0 unspecified atom stereocenters. The summed E-state index contributed by atoms with van der Waals surface area (Å²) in [5.74, 6) is 0. The molecule has 0 aromatic heterocycles. The zero-order valence-corrected chi connectivity index (χ0v) is 15.1. The number of halogens is 1. The maximum Gasteiger partial charge on any atom is 0.244 e. The lowest BCUT2D eigenvalue weighted by molar-refractivity contribution is 0.345. The molecule has 1 rings (SSSR count). The summed E-state index contributed by atoms with van der Waals surface area (Å²) < 4.78 is 27.8. The van der Waals surface area contributed by atoms with Gasteiger partial charge in [-0.2, -0.15) is 4.31 Å². The average Bonchev–Trinajstić information content (AvgIpc) is 2.33. The molecule has 5 heteroatoms. The van der Waals surface area contributed by atoms with Crippen molar-refractivity contribution in [1.29, 1.82) is 0 Å². The molecule has 0 N–H and O–H groups in total. The van der Waals surface area contributed by atoms with E-state index in [-0.39, 0.29) is 6.04 Å². The molecular weight excluding hydrogens is 338 g/mol. The number of rotatable bonds is 7. The number of benzene rings is 1. The Morgan fingerprint density at radius 3 is 2.40 bits per heavy atom. The molecule has 0 aliphatic heterocycles. The molecule has 0 radical (unpaired) electrons. The highest BCUT2D eigenvalue weighted by atomic mass is 79.9. The lowest BCUT2D eigenvalue weighted by Crippen LogP contribution is -2.37. The van der Waals surface area contributed by atoms with Gasteiger partial charge in [0.2, 0.25) is 10.0 Å². The van der Waals surface area contributed by atoms with Crippen molar-refractivity contribution in [3.63, 3.8) is 0 Å². The van der Waals surface area contributed by atoms with Gasteiger partial charge in [-0.15, -0.1) is 0 Å². The first kappa shape index (κ1) is 17.7. The van der Waals surface area contributed by atoms with Gasteiger partial charge in [-0.25, -0.2) is 8.42 Å². The van der Waals surface area contributed by atoms with Gasteiger partial charge in [-0.05, 0) is 60.8 Å². The van der Waals surface area contributed by atoms with E-state index in [4.69, 9.17) is 0 Å². The fourth-order valence-corrected chi connectivity index (χ4v) is 4.94. The summed E-state index contributed by atoms with van der Waals surface area (Å²) >= 11 is 3.38. The lowest BCUT2D eigenvalue weighted by Gasteiger charge is -2.26. The number of nitrogens with zero attached hydrogens (tertiary/aromatic N) is 1. The predicted octanol–water partition coefficient (Wildman–Crippen LogP) is 4.35. The largest absolute Gasteiger partial charge is 0.244 e. The Morgan fingerprint density at radius 2 is 1.90 bits per heavy atom. The van der Waals surface area contributed by atoms with Crippen LogP contribution >= 0.6 is 15.9 Å². The number of hydrogen-bond donors (Lipinski definition) is 0. The summed E-state index contributed by atoms with van der Waals surface area (Å²) in [4.78, 5) is 0.355. The zero-order valence-electron chi connectivity index (χ0n) is 12.7. The molecule has 0 amide bonds. The van der Waals surface area contributed by atoms with Gasteiger partial charge in [0.25, 0.3) is 0 Å². The van der Waals surface area contributed by atoms with E-state index < -0.39 is 10.0 Å². The van der Waals surface area contributed by atoms with Crippen LogP contribution in [0.3, 0.4) is 0 Å². The van der Waals surface area contributed by atoms with Crippen LogP contribution in [0.15, 0.2) is 27.6 Å². The van der Waals surface area contributed by atoms with Crippen LogP contribution in [-0.2, 0) is 10.0 Å². The zero-order chi connectivity index (χ0) is 15.3. The molecule has 0 atom stereocenters. The Labute approximate surface area is 131 Å². The van der Waals surface area contributed by atoms with E-state index in [0.29, 0.717) is 15.9 Å². The summed E-state index contributed by atoms with van der Waals surface area (Å²) in [6, 6.07) is 5.33. The molecular formula is C15H24BrNO2S. The minimum absolute atomic E-state index is 0.0370. The van der Waals surface area contributed by atoms with Gasteiger partial charge in [0.15, 0.2) is 0 Å². The van der Waals surface area contributed by atoms with Crippen molar-refractivity contribution in [2.24, 2.45) is 0 Å². The van der Waals surface area contributed by atoms with Gasteiger partial charge in [-0.3, -0.25) is 0 Å². The molecule has 0 heterocycles. The molecule has 114 valence electrons. The third-order valence-electron chi connectivity index (χ3n) is 3.23. The molecule has 0 aliphatic rings. The van der Waals surface area contributed by atoms with Crippen molar-refractivity contribution < 1.29 is 8.42 Å². The van der Waals surface area contributed by atoms with Crippen molar-refractivity contribution in [1.82, 2.24) is 4.31 Å². The number of sulfonamides is 1. The Kier molecular flexibility index (Phi) is 6.69. The quantitative estimate of drug-likeness (QED) is 0.677. The smallest absolute Gasteiger partial charge is 0.207 e.